The molecule has 0 aliphatic carbocycles. The van der Waals surface area contributed by atoms with Crippen LogP contribution in [0.4, 0.5) is 16.6 Å². The molecule has 1 aromatic carbocycles. The number of carbonyl (C=O) groups is 2. The summed E-state index contributed by atoms with van der Waals surface area (Å²) in [5, 5.41) is 3.57. The summed E-state index contributed by atoms with van der Waals surface area (Å²) in [5.74, 6) is 0.992. The van der Waals surface area contributed by atoms with Crippen molar-refractivity contribution in [1.82, 2.24) is 25.1 Å². The van der Waals surface area contributed by atoms with Crippen LogP contribution in [0.1, 0.15) is 16.1 Å². The van der Waals surface area contributed by atoms with Crippen molar-refractivity contribution in [3.63, 3.8) is 0 Å². The predicted octanol–water partition coefficient (Wildman–Crippen LogP) is 1.93. The largest absolute Gasteiger partial charge is 0.363 e. The van der Waals surface area contributed by atoms with E-state index in [1.807, 2.05) is 45.2 Å². The summed E-state index contributed by atoms with van der Waals surface area (Å²) in [6.45, 7) is 2.25. The molecule has 0 radical (unpaired) electrons. The van der Waals surface area contributed by atoms with Gasteiger partial charge in [0, 0.05) is 72.0 Å². The van der Waals surface area contributed by atoms with Gasteiger partial charge in [-0.25, -0.2) is 9.78 Å². The number of halogens is 1. The molecule has 2 heterocycles. The Balaban J connectivity index is 1.58. The summed E-state index contributed by atoms with van der Waals surface area (Å²) < 4.78 is 0. The van der Waals surface area contributed by atoms with Crippen LogP contribution in [0.25, 0.3) is 0 Å². The third kappa shape index (κ3) is 5.75. The Morgan fingerprint density at radius 1 is 0.968 bits per heavy atom. The molecule has 2 aromatic rings. The first-order valence-corrected chi connectivity index (χ1v) is 10.4. The molecule has 0 atom stereocenters. The molecule has 31 heavy (non-hydrogen) atoms. The fourth-order valence-corrected chi connectivity index (χ4v) is 3.25. The Morgan fingerprint density at radius 3 is 2.16 bits per heavy atom. The molecule has 1 aliphatic heterocycles. The Kier molecular flexibility index (Phi) is 7.17. The van der Waals surface area contributed by atoms with Gasteiger partial charge in [0.2, 0.25) is 5.95 Å². The second-order valence-corrected chi connectivity index (χ2v) is 8.20. The Bertz CT molecular complexity index is 900. The number of hydrogen-bond donors (Lipinski definition) is 1. The zero-order chi connectivity index (χ0) is 22.5. The SMILES string of the molecule is CN(C)c1cc(C(=O)N2CCN(C(=O)NCc3ccc(Cl)cc3)CC2)nc(N(C)C)n1. The van der Waals surface area contributed by atoms with Crippen molar-refractivity contribution in [2.45, 2.75) is 6.54 Å². The van der Waals surface area contributed by atoms with Gasteiger partial charge in [0.1, 0.15) is 11.5 Å². The third-order valence-corrected chi connectivity index (χ3v) is 5.24. The zero-order valence-corrected chi connectivity index (χ0v) is 19.1. The standard InChI is InChI=1S/C21H28ClN7O2/c1-26(2)18-13-17(24-20(25-18)27(3)4)19(30)28-9-11-29(12-10-28)21(31)23-14-15-5-7-16(22)8-6-15/h5-8,13H,9-12,14H2,1-4H3,(H,23,31). The van der Waals surface area contributed by atoms with E-state index in [4.69, 9.17) is 11.6 Å². The lowest BCUT2D eigenvalue weighted by Crippen LogP contribution is -2.53. The van der Waals surface area contributed by atoms with Gasteiger partial charge in [-0.1, -0.05) is 23.7 Å². The van der Waals surface area contributed by atoms with Crippen molar-refractivity contribution in [3.05, 3.63) is 46.6 Å². The minimum absolute atomic E-state index is 0.145. The molecule has 0 saturated carbocycles. The smallest absolute Gasteiger partial charge is 0.317 e. The van der Waals surface area contributed by atoms with Crippen LogP contribution >= 0.6 is 11.6 Å². The van der Waals surface area contributed by atoms with E-state index in [-0.39, 0.29) is 11.9 Å². The summed E-state index contributed by atoms with van der Waals surface area (Å²) in [6.07, 6.45) is 0. The molecule has 1 fully saturated rings. The fraction of sp³-hybridized carbons (Fsp3) is 0.429. The first-order chi connectivity index (χ1) is 14.7. The van der Waals surface area contributed by atoms with Crippen LogP contribution in [0.5, 0.6) is 0 Å². The molecule has 3 amide bonds. The van der Waals surface area contributed by atoms with E-state index in [0.717, 1.165) is 5.56 Å². The molecule has 1 aliphatic rings. The molecule has 1 aromatic heterocycles. The van der Waals surface area contributed by atoms with Crippen molar-refractivity contribution in [1.29, 1.82) is 0 Å². The molecule has 0 spiro atoms. The lowest BCUT2D eigenvalue weighted by Gasteiger charge is -2.34. The van der Waals surface area contributed by atoms with Gasteiger partial charge >= 0.3 is 6.03 Å². The molecule has 166 valence electrons. The molecule has 0 unspecified atom stereocenters. The maximum Gasteiger partial charge on any atom is 0.317 e. The van der Waals surface area contributed by atoms with E-state index in [2.05, 4.69) is 15.3 Å². The number of benzene rings is 1. The lowest BCUT2D eigenvalue weighted by molar-refractivity contribution is 0.0659. The highest BCUT2D eigenvalue weighted by Crippen LogP contribution is 2.17. The van der Waals surface area contributed by atoms with Gasteiger partial charge in [-0.05, 0) is 17.7 Å². The van der Waals surface area contributed by atoms with Gasteiger partial charge in [-0.2, -0.15) is 4.98 Å². The van der Waals surface area contributed by atoms with Gasteiger partial charge in [-0.3, -0.25) is 4.79 Å². The topological polar surface area (TPSA) is 84.9 Å². The number of anilines is 2. The van der Waals surface area contributed by atoms with Gasteiger partial charge in [0.05, 0.1) is 0 Å². The first-order valence-electron chi connectivity index (χ1n) is 10.0. The van der Waals surface area contributed by atoms with Crippen LogP contribution in [0.2, 0.25) is 5.02 Å². The quantitative estimate of drug-likeness (QED) is 0.757. The van der Waals surface area contributed by atoms with E-state index >= 15 is 0 Å². The van der Waals surface area contributed by atoms with Crippen LogP contribution in [-0.4, -0.2) is 86.1 Å². The second-order valence-electron chi connectivity index (χ2n) is 7.76. The summed E-state index contributed by atoms with van der Waals surface area (Å²) in [7, 11) is 7.42. The molecule has 3 rings (SSSR count). The molecule has 1 N–H and O–H groups in total. The predicted molar refractivity (Wildman–Crippen MR) is 122 cm³/mol. The van der Waals surface area contributed by atoms with Gasteiger partial charge < -0.3 is 24.9 Å². The molecular formula is C21H28ClN7O2. The van der Waals surface area contributed by atoms with Crippen LogP contribution in [0.3, 0.4) is 0 Å². The van der Waals surface area contributed by atoms with Crippen molar-refractivity contribution >= 4 is 35.3 Å². The van der Waals surface area contributed by atoms with E-state index in [0.29, 0.717) is 55.2 Å². The van der Waals surface area contributed by atoms with Crippen molar-refractivity contribution in [3.8, 4) is 0 Å². The Morgan fingerprint density at radius 2 is 1.58 bits per heavy atom. The Labute approximate surface area is 187 Å². The molecule has 10 heteroatoms. The number of nitrogens with zero attached hydrogens (tertiary/aromatic N) is 6. The minimum atomic E-state index is -0.158. The fourth-order valence-electron chi connectivity index (χ4n) is 3.13. The average molecular weight is 446 g/mol. The number of rotatable bonds is 5. The third-order valence-electron chi connectivity index (χ3n) is 4.99. The van der Waals surface area contributed by atoms with Crippen LogP contribution in [-0.2, 0) is 6.54 Å². The number of amides is 3. The summed E-state index contributed by atoms with van der Waals surface area (Å²) in [4.78, 5) is 41.4. The highest BCUT2D eigenvalue weighted by atomic mass is 35.5. The molecule has 0 bridgehead atoms. The summed E-state index contributed by atoms with van der Waals surface area (Å²) in [6, 6.07) is 8.90. The van der Waals surface area contributed by atoms with Crippen LogP contribution < -0.4 is 15.1 Å². The maximum atomic E-state index is 13.0. The van der Waals surface area contributed by atoms with E-state index in [9.17, 15) is 9.59 Å². The summed E-state index contributed by atoms with van der Waals surface area (Å²) in [5.41, 5.74) is 1.33. The van der Waals surface area contributed by atoms with E-state index < -0.39 is 0 Å². The first kappa shape index (κ1) is 22.6. The van der Waals surface area contributed by atoms with E-state index in [1.54, 1.807) is 32.9 Å². The number of urea groups is 1. The lowest BCUT2D eigenvalue weighted by atomic mass is 10.2. The normalized spacial score (nSPS) is 13.7. The monoisotopic (exact) mass is 445 g/mol. The van der Waals surface area contributed by atoms with Crippen molar-refractivity contribution in [2.75, 3.05) is 64.2 Å². The highest BCUT2D eigenvalue weighted by molar-refractivity contribution is 6.30. The number of nitrogens with one attached hydrogen (secondary N) is 1. The average Bonchev–Trinajstić information content (AvgIpc) is 2.77. The molecule has 1 saturated heterocycles. The molecule has 9 nitrogen and oxygen atoms in total. The van der Waals surface area contributed by atoms with Gasteiger partial charge in [0.25, 0.3) is 5.91 Å². The van der Waals surface area contributed by atoms with Crippen LogP contribution in [0, 0.1) is 0 Å². The van der Waals surface area contributed by atoms with Gasteiger partial charge in [-0.15, -0.1) is 0 Å². The zero-order valence-electron chi connectivity index (χ0n) is 18.3. The van der Waals surface area contributed by atoms with E-state index in [1.165, 1.54) is 0 Å². The van der Waals surface area contributed by atoms with Crippen LogP contribution in [0.15, 0.2) is 30.3 Å². The second kappa shape index (κ2) is 9.82. The summed E-state index contributed by atoms with van der Waals surface area (Å²) >= 11 is 5.89. The highest BCUT2D eigenvalue weighted by Gasteiger charge is 2.26. The minimum Gasteiger partial charge on any atom is -0.363 e. The van der Waals surface area contributed by atoms with Crippen molar-refractivity contribution < 1.29 is 9.59 Å². The number of aromatic nitrogens is 2. The Hall–Kier alpha value is -3.07. The molecular weight excluding hydrogens is 418 g/mol. The van der Waals surface area contributed by atoms with Gasteiger partial charge in [0.15, 0.2) is 0 Å². The number of hydrogen-bond acceptors (Lipinski definition) is 6. The van der Waals surface area contributed by atoms with Crippen molar-refractivity contribution in [2.24, 2.45) is 0 Å². The number of carbonyl (C=O) groups excluding carboxylic acids is 2. The number of piperazine rings is 1. The maximum absolute atomic E-state index is 13.0.